The SMILES string of the molecule is NCC1(C2CC2)CCCCCCC1. The molecule has 2 saturated carbocycles. The van der Waals surface area contributed by atoms with Crippen LogP contribution in [0.3, 0.4) is 0 Å². The van der Waals surface area contributed by atoms with E-state index >= 15 is 0 Å². The minimum Gasteiger partial charge on any atom is -0.330 e. The first-order valence-electron chi connectivity index (χ1n) is 6.07. The van der Waals surface area contributed by atoms with Gasteiger partial charge in [0.05, 0.1) is 0 Å². The average molecular weight is 181 g/mol. The zero-order valence-electron chi connectivity index (χ0n) is 8.73. The Labute approximate surface area is 82.1 Å². The molecule has 0 aromatic rings. The van der Waals surface area contributed by atoms with Gasteiger partial charge in [-0.15, -0.1) is 0 Å². The van der Waals surface area contributed by atoms with Crippen LogP contribution in [0.1, 0.15) is 57.8 Å². The summed E-state index contributed by atoms with van der Waals surface area (Å²) >= 11 is 0. The molecule has 0 atom stereocenters. The van der Waals surface area contributed by atoms with Crippen LogP contribution in [0.15, 0.2) is 0 Å². The van der Waals surface area contributed by atoms with Crippen molar-refractivity contribution in [2.75, 3.05) is 6.54 Å². The first kappa shape index (κ1) is 9.51. The summed E-state index contributed by atoms with van der Waals surface area (Å²) < 4.78 is 0. The Morgan fingerprint density at radius 1 is 0.923 bits per heavy atom. The first-order valence-corrected chi connectivity index (χ1v) is 6.07. The fraction of sp³-hybridized carbons (Fsp3) is 1.00. The van der Waals surface area contributed by atoms with Gasteiger partial charge in [-0.2, -0.15) is 0 Å². The third-order valence-electron chi connectivity index (χ3n) is 4.20. The van der Waals surface area contributed by atoms with Gasteiger partial charge in [-0.3, -0.25) is 0 Å². The van der Waals surface area contributed by atoms with E-state index in [0.29, 0.717) is 5.41 Å². The van der Waals surface area contributed by atoms with E-state index in [1.54, 1.807) is 0 Å². The lowest BCUT2D eigenvalue weighted by molar-refractivity contribution is 0.182. The molecule has 2 aliphatic rings. The van der Waals surface area contributed by atoms with Crippen molar-refractivity contribution in [1.29, 1.82) is 0 Å². The summed E-state index contributed by atoms with van der Waals surface area (Å²) in [6.45, 7) is 0.956. The molecule has 0 aromatic carbocycles. The van der Waals surface area contributed by atoms with Crippen molar-refractivity contribution in [3.8, 4) is 0 Å². The van der Waals surface area contributed by atoms with Crippen LogP contribution in [-0.4, -0.2) is 6.54 Å². The van der Waals surface area contributed by atoms with Crippen molar-refractivity contribution in [3.63, 3.8) is 0 Å². The van der Waals surface area contributed by atoms with Gasteiger partial charge in [0.25, 0.3) is 0 Å². The summed E-state index contributed by atoms with van der Waals surface area (Å²) in [4.78, 5) is 0. The standard InChI is InChI=1S/C12H23N/c13-10-12(11-6-7-11)8-4-2-1-3-5-9-12/h11H,1-10,13H2. The van der Waals surface area contributed by atoms with Crippen molar-refractivity contribution in [3.05, 3.63) is 0 Å². The van der Waals surface area contributed by atoms with Gasteiger partial charge in [-0.25, -0.2) is 0 Å². The summed E-state index contributed by atoms with van der Waals surface area (Å²) in [6, 6.07) is 0. The van der Waals surface area contributed by atoms with Crippen molar-refractivity contribution in [2.45, 2.75) is 57.8 Å². The molecule has 2 aliphatic carbocycles. The molecule has 2 N–H and O–H groups in total. The van der Waals surface area contributed by atoms with E-state index in [9.17, 15) is 0 Å². The molecular formula is C12H23N. The highest BCUT2D eigenvalue weighted by Gasteiger charge is 2.43. The van der Waals surface area contributed by atoms with Crippen molar-refractivity contribution in [1.82, 2.24) is 0 Å². The summed E-state index contributed by atoms with van der Waals surface area (Å²) in [7, 11) is 0. The van der Waals surface area contributed by atoms with Crippen molar-refractivity contribution >= 4 is 0 Å². The quantitative estimate of drug-likeness (QED) is 0.696. The van der Waals surface area contributed by atoms with E-state index in [1.165, 1.54) is 57.8 Å². The fourth-order valence-corrected chi connectivity index (χ4v) is 3.08. The molecule has 0 saturated heterocycles. The van der Waals surface area contributed by atoms with Gasteiger partial charge in [0.2, 0.25) is 0 Å². The lowest BCUT2D eigenvalue weighted by atomic mass is 9.72. The Balaban J connectivity index is 1.97. The average Bonchev–Trinajstić information content (AvgIpc) is 2.88. The topological polar surface area (TPSA) is 26.0 Å². The zero-order chi connectivity index (χ0) is 9.15. The molecule has 1 heteroatoms. The van der Waals surface area contributed by atoms with Gasteiger partial charge in [0, 0.05) is 0 Å². The highest BCUT2D eigenvalue weighted by atomic mass is 14.6. The number of hydrogen-bond donors (Lipinski definition) is 1. The predicted molar refractivity (Wildman–Crippen MR) is 56.5 cm³/mol. The Morgan fingerprint density at radius 3 is 1.92 bits per heavy atom. The molecular weight excluding hydrogens is 158 g/mol. The van der Waals surface area contributed by atoms with Crippen LogP contribution < -0.4 is 5.73 Å². The molecule has 0 bridgehead atoms. The molecule has 0 aliphatic heterocycles. The highest BCUT2D eigenvalue weighted by molar-refractivity contribution is 4.95. The molecule has 0 radical (unpaired) electrons. The van der Waals surface area contributed by atoms with Crippen molar-refractivity contribution < 1.29 is 0 Å². The minimum absolute atomic E-state index is 0.584. The molecule has 2 fully saturated rings. The molecule has 0 aromatic heterocycles. The summed E-state index contributed by atoms with van der Waals surface area (Å²) in [5, 5.41) is 0. The van der Waals surface area contributed by atoms with Gasteiger partial charge in [0.1, 0.15) is 0 Å². The first-order chi connectivity index (χ1) is 6.37. The van der Waals surface area contributed by atoms with Crippen LogP contribution >= 0.6 is 0 Å². The molecule has 0 heterocycles. The molecule has 13 heavy (non-hydrogen) atoms. The van der Waals surface area contributed by atoms with E-state index < -0.39 is 0 Å². The third kappa shape index (κ3) is 2.07. The maximum atomic E-state index is 6.00. The van der Waals surface area contributed by atoms with E-state index in [0.717, 1.165) is 12.5 Å². The molecule has 0 spiro atoms. The molecule has 76 valence electrons. The summed E-state index contributed by atoms with van der Waals surface area (Å²) in [5.41, 5.74) is 6.58. The second-order valence-electron chi connectivity index (χ2n) is 5.11. The Hall–Kier alpha value is -0.0400. The van der Waals surface area contributed by atoms with E-state index in [4.69, 9.17) is 5.73 Å². The van der Waals surface area contributed by atoms with E-state index in [2.05, 4.69) is 0 Å². The van der Waals surface area contributed by atoms with Crippen LogP contribution in [0.2, 0.25) is 0 Å². The van der Waals surface area contributed by atoms with E-state index in [1.807, 2.05) is 0 Å². The van der Waals surface area contributed by atoms with Crippen molar-refractivity contribution in [2.24, 2.45) is 17.1 Å². The predicted octanol–water partition coefficient (Wildman–Crippen LogP) is 3.09. The summed E-state index contributed by atoms with van der Waals surface area (Å²) in [5.74, 6) is 1.01. The third-order valence-corrected chi connectivity index (χ3v) is 4.20. The molecule has 1 nitrogen and oxygen atoms in total. The molecule has 0 unspecified atom stereocenters. The fourth-order valence-electron chi connectivity index (χ4n) is 3.08. The van der Waals surface area contributed by atoms with Gasteiger partial charge >= 0.3 is 0 Å². The van der Waals surface area contributed by atoms with E-state index in [-0.39, 0.29) is 0 Å². The second kappa shape index (κ2) is 4.00. The normalized spacial score (nSPS) is 29.3. The number of hydrogen-bond acceptors (Lipinski definition) is 1. The van der Waals surface area contributed by atoms with Gasteiger partial charge in [-0.1, -0.05) is 32.1 Å². The summed E-state index contributed by atoms with van der Waals surface area (Å²) in [6.07, 6.45) is 13.0. The lowest BCUT2D eigenvalue weighted by Gasteiger charge is -2.34. The van der Waals surface area contributed by atoms with Crippen LogP contribution in [0.4, 0.5) is 0 Å². The maximum absolute atomic E-state index is 6.00. The Bertz CT molecular complexity index is 153. The van der Waals surface area contributed by atoms with Crippen LogP contribution in [0.5, 0.6) is 0 Å². The number of rotatable bonds is 2. The Morgan fingerprint density at radius 2 is 1.46 bits per heavy atom. The second-order valence-corrected chi connectivity index (χ2v) is 5.11. The van der Waals surface area contributed by atoms with Crippen LogP contribution in [-0.2, 0) is 0 Å². The number of nitrogens with two attached hydrogens (primary N) is 1. The van der Waals surface area contributed by atoms with Gasteiger partial charge in [0.15, 0.2) is 0 Å². The maximum Gasteiger partial charge on any atom is -0.00179 e. The zero-order valence-corrected chi connectivity index (χ0v) is 8.73. The van der Waals surface area contributed by atoms with Gasteiger partial charge in [-0.05, 0) is 43.6 Å². The van der Waals surface area contributed by atoms with Crippen LogP contribution in [0, 0.1) is 11.3 Å². The highest BCUT2D eigenvalue weighted by Crippen LogP contribution is 2.51. The Kier molecular flexibility index (Phi) is 2.92. The minimum atomic E-state index is 0.584. The van der Waals surface area contributed by atoms with Gasteiger partial charge < -0.3 is 5.73 Å². The lowest BCUT2D eigenvalue weighted by Crippen LogP contribution is -2.33. The largest absolute Gasteiger partial charge is 0.330 e. The molecule has 2 rings (SSSR count). The molecule has 0 amide bonds. The monoisotopic (exact) mass is 181 g/mol. The van der Waals surface area contributed by atoms with Crippen LogP contribution in [0.25, 0.3) is 0 Å². The smallest absolute Gasteiger partial charge is 0.00179 e.